The molecule has 2 rings (SSSR count). The summed E-state index contributed by atoms with van der Waals surface area (Å²) in [7, 11) is -2.03. The number of sulfone groups is 1. The molecule has 0 aliphatic rings. The van der Waals surface area contributed by atoms with Gasteiger partial charge in [-0.3, -0.25) is 9.78 Å². The fourth-order valence-electron chi connectivity index (χ4n) is 1.13. The van der Waals surface area contributed by atoms with Crippen LogP contribution in [0.15, 0.2) is 9.95 Å². The number of rotatable bonds is 1. The second kappa shape index (κ2) is 2.86. The molecular formula is C6H7N5O3S. The third-order valence-corrected chi connectivity index (χ3v) is 2.70. The van der Waals surface area contributed by atoms with E-state index >= 15 is 0 Å². The highest BCUT2D eigenvalue weighted by Gasteiger charge is 2.15. The molecule has 1 N–H and O–H groups in total. The van der Waals surface area contributed by atoms with Crippen molar-refractivity contribution >= 4 is 21.0 Å². The lowest BCUT2D eigenvalue weighted by Gasteiger charge is -1.96. The predicted octanol–water partition coefficient (Wildman–Crippen LogP) is -1.54. The summed E-state index contributed by atoms with van der Waals surface area (Å²) in [5, 5.41) is 6.74. The predicted molar refractivity (Wildman–Crippen MR) is 50.0 cm³/mol. The van der Waals surface area contributed by atoms with Gasteiger partial charge in [0.1, 0.15) is 0 Å². The quantitative estimate of drug-likeness (QED) is 0.593. The van der Waals surface area contributed by atoms with Gasteiger partial charge in [0, 0.05) is 13.3 Å². The lowest BCUT2D eigenvalue weighted by molar-refractivity contribution is 0.593. The number of H-pyrrole nitrogens is 1. The molecule has 8 nitrogen and oxygen atoms in total. The summed E-state index contributed by atoms with van der Waals surface area (Å²) in [5.74, 6) is 0. The number of fused-ring (bicyclic) bond motifs is 1. The molecule has 0 saturated carbocycles. The lowest BCUT2D eigenvalue weighted by atomic mass is 10.5. The molecule has 2 aromatic rings. The Bertz CT molecular complexity index is 682. The van der Waals surface area contributed by atoms with Gasteiger partial charge in [-0.05, 0) is 0 Å². The molecule has 2 aromatic heterocycles. The molecule has 0 bridgehead atoms. The van der Waals surface area contributed by atoms with Crippen LogP contribution in [0.1, 0.15) is 0 Å². The van der Waals surface area contributed by atoms with E-state index in [1.807, 2.05) is 0 Å². The number of aromatic amines is 1. The Morgan fingerprint density at radius 3 is 2.67 bits per heavy atom. The van der Waals surface area contributed by atoms with Gasteiger partial charge < -0.3 is 0 Å². The number of hydrogen-bond acceptors (Lipinski definition) is 6. The summed E-state index contributed by atoms with van der Waals surface area (Å²) in [4.78, 5) is 17.3. The van der Waals surface area contributed by atoms with Crippen LogP contribution in [0.25, 0.3) is 11.2 Å². The molecule has 0 unspecified atom stereocenters. The number of aryl methyl sites for hydroxylation is 1. The highest BCUT2D eigenvalue weighted by molar-refractivity contribution is 7.90. The molecule has 0 radical (unpaired) electrons. The van der Waals surface area contributed by atoms with Crippen LogP contribution in [0.2, 0.25) is 0 Å². The molecule has 0 aromatic carbocycles. The maximum atomic E-state index is 11.5. The number of aromatic nitrogens is 5. The van der Waals surface area contributed by atoms with Gasteiger partial charge in [0.15, 0.2) is 5.52 Å². The molecular weight excluding hydrogens is 222 g/mol. The van der Waals surface area contributed by atoms with E-state index in [0.717, 1.165) is 6.26 Å². The van der Waals surface area contributed by atoms with Crippen molar-refractivity contribution in [1.82, 2.24) is 25.0 Å². The van der Waals surface area contributed by atoms with Gasteiger partial charge >= 0.3 is 0 Å². The van der Waals surface area contributed by atoms with Crippen molar-refractivity contribution in [1.29, 1.82) is 0 Å². The molecule has 9 heteroatoms. The van der Waals surface area contributed by atoms with Crippen LogP contribution in [0, 0.1) is 0 Å². The molecule has 0 saturated heterocycles. The average molecular weight is 229 g/mol. The highest BCUT2D eigenvalue weighted by Crippen LogP contribution is 2.04. The van der Waals surface area contributed by atoms with Crippen molar-refractivity contribution in [2.75, 3.05) is 6.26 Å². The number of nitrogens with zero attached hydrogens (tertiary/aromatic N) is 4. The minimum Gasteiger partial charge on any atom is -0.295 e. The Morgan fingerprint density at radius 2 is 2.07 bits per heavy atom. The van der Waals surface area contributed by atoms with Crippen LogP contribution in [0.3, 0.4) is 0 Å². The SMILES string of the molecule is Cn1nnc2nc(S(C)(=O)=O)[nH]c(=O)c21. The summed E-state index contributed by atoms with van der Waals surface area (Å²) >= 11 is 0. The smallest absolute Gasteiger partial charge is 0.279 e. The van der Waals surface area contributed by atoms with E-state index < -0.39 is 20.6 Å². The monoisotopic (exact) mass is 229 g/mol. The first-order chi connectivity index (χ1) is 6.89. The van der Waals surface area contributed by atoms with Gasteiger partial charge in [-0.1, -0.05) is 5.21 Å². The largest absolute Gasteiger partial charge is 0.295 e. The molecule has 0 aliphatic carbocycles. The zero-order valence-electron chi connectivity index (χ0n) is 7.92. The van der Waals surface area contributed by atoms with Gasteiger partial charge in [0.25, 0.3) is 5.56 Å². The minimum absolute atomic E-state index is 0.0154. The summed E-state index contributed by atoms with van der Waals surface area (Å²) in [6.45, 7) is 0. The van der Waals surface area contributed by atoms with Gasteiger partial charge in [-0.15, -0.1) is 5.10 Å². The third kappa shape index (κ3) is 1.50. The molecule has 0 atom stereocenters. The second-order valence-corrected chi connectivity index (χ2v) is 4.96. The first-order valence-corrected chi connectivity index (χ1v) is 5.78. The Morgan fingerprint density at radius 1 is 1.40 bits per heavy atom. The van der Waals surface area contributed by atoms with Gasteiger partial charge in [0.2, 0.25) is 20.6 Å². The van der Waals surface area contributed by atoms with Crippen LogP contribution in [-0.2, 0) is 16.9 Å². The summed E-state index contributed by atoms with van der Waals surface area (Å²) in [5.41, 5.74) is -0.419. The molecule has 15 heavy (non-hydrogen) atoms. The van der Waals surface area contributed by atoms with E-state index in [1.54, 1.807) is 0 Å². The molecule has 0 spiro atoms. The molecule has 0 aliphatic heterocycles. The normalized spacial score (nSPS) is 12.1. The van der Waals surface area contributed by atoms with Crippen molar-refractivity contribution in [3.8, 4) is 0 Å². The van der Waals surface area contributed by atoms with Crippen molar-refractivity contribution in [2.45, 2.75) is 5.16 Å². The lowest BCUT2D eigenvalue weighted by Crippen LogP contribution is -2.16. The van der Waals surface area contributed by atoms with Crippen LogP contribution in [0.4, 0.5) is 0 Å². The van der Waals surface area contributed by atoms with E-state index in [0.29, 0.717) is 0 Å². The van der Waals surface area contributed by atoms with Crippen molar-refractivity contribution in [2.24, 2.45) is 7.05 Å². The Balaban J connectivity index is 2.93. The molecule has 0 fully saturated rings. The fourth-order valence-corrected chi connectivity index (χ4v) is 1.66. The van der Waals surface area contributed by atoms with Crippen LogP contribution in [0.5, 0.6) is 0 Å². The highest BCUT2D eigenvalue weighted by atomic mass is 32.2. The fraction of sp³-hybridized carbons (Fsp3) is 0.333. The zero-order valence-corrected chi connectivity index (χ0v) is 8.74. The molecule has 0 amide bonds. The number of nitrogens with one attached hydrogen (secondary N) is 1. The van der Waals surface area contributed by atoms with Crippen LogP contribution >= 0.6 is 0 Å². The van der Waals surface area contributed by atoms with Crippen LogP contribution in [-0.4, -0.2) is 39.6 Å². The average Bonchev–Trinajstić information content (AvgIpc) is 2.46. The first kappa shape index (κ1) is 9.77. The minimum atomic E-state index is -3.55. The Hall–Kier alpha value is -1.77. The summed E-state index contributed by atoms with van der Waals surface area (Å²) in [6, 6.07) is 0. The van der Waals surface area contributed by atoms with Crippen molar-refractivity contribution in [3.63, 3.8) is 0 Å². The van der Waals surface area contributed by atoms with E-state index in [4.69, 9.17) is 0 Å². The van der Waals surface area contributed by atoms with E-state index in [-0.39, 0.29) is 11.2 Å². The molecule has 2 heterocycles. The van der Waals surface area contributed by atoms with Gasteiger partial charge in [0.05, 0.1) is 0 Å². The van der Waals surface area contributed by atoms with Crippen molar-refractivity contribution in [3.05, 3.63) is 10.4 Å². The summed E-state index contributed by atoms with van der Waals surface area (Å²) < 4.78 is 23.5. The van der Waals surface area contributed by atoms with E-state index in [9.17, 15) is 13.2 Å². The topological polar surface area (TPSA) is 111 Å². The van der Waals surface area contributed by atoms with Gasteiger partial charge in [-0.2, -0.15) is 4.98 Å². The maximum Gasteiger partial charge on any atom is 0.279 e. The molecule has 80 valence electrons. The maximum absolute atomic E-state index is 11.5. The third-order valence-electron chi connectivity index (χ3n) is 1.80. The number of hydrogen-bond donors (Lipinski definition) is 1. The van der Waals surface area contributed by atoms with Gasteiger partial charge in [-0.25, -0.2) is 13.1 Å². The second-order valence-electron chi connectivity index (χ2n) is 3.03. The Labute approximate surface area is 83.9 Å². The van der Waals surface area contributed by atoms with E-state index in [2.05, 4.69) is 20.3 Å². The standard InChI is InChI=1S/C6H7N5O3S/c1-11-3-4(9-10-11)7-6(8-5(3)12)15(2,13)14/h1-2H3,(H,7,8,12). The van der Waals surface area contributed by atoms with Crippen molar-refractivity contribution < 1.29 is 8.42 Å². The summed E-state index contributed by atoms with van der Waals surface area (Å²) in [6.07, 6.45) is 0.952. The van der Waals surface area contributed by atoms with E-state index in [1.165, 1.54) is 11.7 Å². The van der Waals surface area contributed by atoms with Crippen LogP contribution < -0.4 is 5.56 Å². The first-order valence-electron chi connectivity index (χ1n) is 3.89. The zero-order chi connectivity index (χ0) is 11.2. The Kier molecular flexibility index (Phi) is 1.86.